The molecule has 3 aromatic carbocycles. The number of nitrogens with one attached hydrogen (secondary N) is 1. The van der Waals surface area contributed by atoms with Gasteiger partial charge in [-0.25, -0.2) is 8.42 Å². The van der Waals surface area contributed by atoms with E-state index in [4.69, 9.17) is 0 Å². The monoisotopic (exact) mass is 506 g/mol. The summed E-state index contributed by atoms with van der Waals surface area (Å²) in [6, 6.07) is 19.0. The number of rotatable bonds is 7. The summed E-state index contributed by atoms with van der Waals surface area (Å²) < 4.78 is 67.9. The van der Waals surface area contributed by atoms with Crippen molar-refractivity contribution < 1.29 is 36.2 Å². The van der Waals surface area contributed by atoms with E-state index in [1.165, 1.54) is 29.2 Å². The van der Waals surface area contributed by atoms with Crippen LogP contribution in [0.4, 0.5) is 18.9 Å². The highest BCUT2D eigenvalue weighted by atomic mass is 32.2. The number of halogens is 3. The quantitative estimate of drug-likeness (QED) is 0.508. The maximum absolute atomic E-state index is 12.7. The molecular formula is C24H21F3N2O5S. The predicted octanol–water partition coefficient (Wildman–Crippen LogP) is 3.82. The lowest BCUT2D eigenvalue weighted by molar-refractivity contribution is -0.274. The number of carbonyl (C=O) groups is 1. The number of carbonyl (C=O) groups excluding carboxylic acids is 1. The molecule has 0 unspecified atom stereocenters. The van der Waals surface area contributed by atoms with Gasteiger partial charge in [0.1, 0.15) is 11.4 Å². The van der Waals surface area contributed by atoms with Gasteiger partial charge in [-0.05, 0) is 54.1 Å². The summed E-state index contributed by atoms with van der Waals surface area (Å²) in [6.07, 6.45) is -4.45. The molecule has 0 aliphatic carbocycles. The maximum atomic E-state index is 12.7. The normalized spacial score (nSPS) is 15.3. The fourth-order valence-electron chi connectivity index (χ4n) is 3.79. The molecule has 0 atom stereocenters. The van der Waals surface area contributed by atoms with Gasteiger partial charge < -0.3 is 14.7 Å². The third kappa shape index (κ3) is 6.11. The first-order valence-electron chi connectivity index (χ1n) is 10.5. The van der Waals surface area contributed by atoms with Gasteiger partial charge in [0.05, 0.1) is 18.0 Å². The zero-order valence-electron chi connectivity index (χ0n) is 18.2. The summed E-state index contributed by atoms with van der Waals surface area (Å²) in [5.41, 5.74) is 0.471. The van der Waals surface area contributed by atoms with E-state index in [0.717, 1.165) is 29.8 Å². The molecule has 4 rings (SSSR count). The second-order valence-corrected chi connectivity index (χ2v) is 9.93. The Bertz CT molecular complexity index is 1290. The maximum Gasteiger partial charge on any atom is 0.573 e. The molecular weight excluding hydrogens is 485 g/mol. The molecule has 0 bridgehead atoms. The Kier molecular flexibility index (Phi) is 6.48. The molecule has 7 nitrogen and oxygen atoms in total. The molecule has 1 fully saturated rings. The zero-order chi connectivity index (χ0) is 25.3. The van der Waals surface area contributed by atoms with Crippen LogP contribution in [0.25, 0.3) is 0 Å². The summed E-state index contributed by atoms with van der Waals surface area (Å²) in [7, 11) is -4.08. The molecule has 1 saturated heterocycles. The first kappa shape index (κ1) is 24.6. The van der Waals surface area contributed by atoms with Gasteiger partial charge in [0.15, 0.2) is 0 Å². The number of ether oxygens (including phenoxy) is 1. The highest BCUT2D eigenvalue weighted by molar-refractivity contribution is 7.92. The SMILES string of the molecule is O=C(c1ccc(NS(=O)(=O)c2ccc(OC(F)(F)F)cc2)cc1)N1CC(O)(Cc2ccccc2)C1. The van der Waals surface area contributed by atoms with Crippen LogP contribution in [-0.4, -0.2) is 49.4 Å². The molecule has 35 heavy (non-hydrogen) atoms. The van der Waals surface area contributed by atoms with Crippen molar-refractivity contribution in [2.75, 3.05) is 17.8 Å². The lowest BCUT2D eigenvalue weighted by Gasteiger charge is -2.46. The Labute approximate surface area is 199 Å². The van der Waals surface area contributed by atoms with Crippen molar-refractivity contribution in [3.8, 4) is 5.75 Å². The third-order valence-corrected chi connectivity index (χ3v) is 6.78. The van der Waals surface area contributed by atoms with E-state index >= 15 is 0 Å². The van der Waals surface area contributed by atoms with E-state index in [1.54, 1.807) is 0 Å². The first-order chi connectivity index (χ1) is 16.4. The van der Waals surface area contributed by atoms with E-state index < -0.39 is 27.7 Å². The number of β-amino-alcohol motifs (C(OH)–C–C–N with tert-alkyl or cyclic N) is 1. The summed E-state index contributed by atoms with van der Waals surface area (Å²) in [4.78, 5) is 13.9. The molecule has 1 aliphatic heterocycles. The topological polar surface area (TPSA) is 95.9 Å². The summed E-state index contributed by atoms with van der Waals surface area (Å²) in [5, 5.41) is 10.6. The Morgan fingerprint density at radius 2 is 1.57 bits per heavy atom. The van der Waals surface area contributed by atoms with Crippen LogP contribution in [0.2, 0.25) is 0 Å². The predicted molar refractivity (Wildman–Crippen MR) is 121 cm³/mol. The van der Waals surface area contributed by atoms with Crippen LogP contribution in [0, 0.1) is 0 Å². The molecule has 1 amide bonds. The molecule has 184 valence electrons. The highest BCUT2D eigenvalue weighted by Crippen LogP contribution is 2.28. The Hall–Kier alpha value is -3.57. The highest BCUT2D eigenvalue weighted by Gasteiger charge is 2.43. The Morgan fingerprint density at radius 3 is 2.14 bits per heavy atom. The molecule has 0 saturated carbocycles. The van der Waals surface area contributed by atoms with E-state index in [1.807, 2.05) is 30.3 Å². The second kappa shape index (κ2) is 9.23. The van der Waals surface area contributed by atoms with Gasteiger partial charge in [0.2, 0.25) is 0 Å². The smallest absolute Gasteiger partial charge is 0.406 e. The van der Waals surface area contributed by atoms with Gasteiger partial charge in [-0.15, -0.1) is 13.2 Å². The lowest BCUT2D eigenvalue weighted by Crippen LogP contribution is -2.64. The molecule has 0 radical (unpaired) electrons. The van der Waals surface area contributed by atoms with Crippen molar-refractivity contribution in [1.29, 1.82) is 0 Å². The van der Waals surface area contributed by atoms with Gasteiger partial charge >= 0.3 is 6.36 Å². The van der Waals surface area contributed by atoms with E-state index in [-0.39, 0.29) is 29.6 Å². The van der Waals surface area contributed by atoms with Gasteiger partial charge in [-0.1, -0.05) is 30.3 Å². The van der Waals surface area contributed by atoms with Crippen LogP contribution in [-0.2, 0) is 16.4 Å². The molecule has 11 heteroatoms. The van der Waals surface area contributed by atoms with Crippen molar-refractivity contribution in [3.05, 3.63) is 90.0 Å². The van der Waals surface area contributed by atoms with Crippen LogP contribution < -0.4 is 9.46 Å². The molecule has 1 heterocycles. The number of amides is 1. The van der Waals surface area contributed by atoms with Crippen molar-refractivity contribution in [1.82, 2.24) is 4.90 Å². The van der Waals surface area contributed by atoms with Crippen LogP contribution in [0.3, 0.4) is 0 Å². The Balaban J connectivity index is 1.35. The minimum absolute atomic E-state index is 0.168. The number of benzene rings is 3. The number of aliphatic hydroxyl groups is 1. The largest absolute Gasteiger partial charge is 0.573 e. The van der Waals surface area contributed by atoms with Crippen LogP contribution in [0.5, 0.6) is 5.75 Å². The van der Waals surface area contributed by atoms with E-state index in [0.29, 0.717) is 12.0 Å². The molecule has 1 aliphatic rings. The number of hydrogen-bond acceptors (Lipinski definition) is 5. The van der Waals surface area contributed by atoms with Crippen LogP contribution in [0.1, 0.15) is 15.9 Å². The fourth-order valence-corrected chi connectivity index (χ4v) is 4.85. The van der Waals surface area contributed by atoms with Crippen molar-refractivity contribution >= 4 is 21.6 Å². The summed E-state index contributed by atoms with van der Waals surface area (Å²) in [6.45, 7) is 0.367. The number of anilines is 1. The number of nitrogens with zero attached hydrogens (tertiary/aromatic N) is 1. The van der Waals surface area contributed by atoms with E-state index in [9.17, 15) is 31.5 Å². The zero-order valence-corrected chi connectivity index (χ0v) is 19.0. The first-order valence-corrected chi connectivity index (χ1v) is 12.0. The summed E-state index contributed by atoms with van der Waals surface area (Å²) in [5.74, 6) is -0.835. The van der Waals surface area contributed by atoms with Crippen LogP contribution in [0.15, 0.2) is 83.8 Å². The Morgan fingerprint density at radius 1 is 0.971 bits per heavy atom. The lowest BCUT2D eigenvalue weighted by atomic mass is 9.86. The van der Waals surface area contributed by atoms with Gasteiger partial charge in [-0.3, -0.25) is 9.52 Å². The minimum Gasteiger partial charge on any atom is -0.406 e. The van der Waals surface area contributed by atoms with Crippen molar-refractivity contribution in [3.63, 3.8) is 0 Å². The number of sulfonamides is 1. The van der Waals surface area contributed by atoms with Crippen molar-refractivity contribution in [2.24, 2.45) is 0 Å². The standard InChI is InChI=1S/C24H21F3N2O5S/c25-24(26,27)34-20-10-12-21(13-11-20)35(32,33)28-19-8-6-18(7-9-19)22(30)29-15-23(31,16-29)14-17-4-2-1-3-5-17/h1-13,28,31H,14-16H2. The molecule has 2 N–H and O–H groups in total. The third-order valence-electron chi connectivity index (χ3n) is 5.39. The fraction of sp³-hybridized carbons (Fsp3) is 0.208. The van der Waals surface area contributed by atoms with Gasteiger partial charge in [0, 0.05) is 17.7 Å². The molecule has 0 aromatic heterocycles. The average molecular weight is 507 g/mol. The van der Waals surface area contributed by atoms with Crippen LogP contribution >= 0.6 is 0 Å². The van der Waals surface area contributed by atoms with E-state index in [2.05, 4.69) is 9.46 Å². The van der Waals surface area contributed by atoms with Crippen molar-refractivity contribution in [2.45, 2.75) is 23.3 Å². The summed E-state index contributed by atoms with van der Waals surface area (Å²) >= 11 is 0. The molecule has 3 aromatic rings. The number of alkyl halides is 3. The number of likely N-dealkylation sites (tertiary alicyclic amines) is 1. The molecule has 0 spiro atoms. The second-order valence-electron chi connectivity index (χ2n) is 8.25. The van der Waals surface area contributed by atoms with Gasteiger partial charge in [-0.2, -0.15) is 0 Å². The average Bonchev–Trinajstić information content (AvgIpc) is 2.77. The minimum atomic E-state index is -4.88. The van der Waals surface area contributed by atoms with Gasteiger partial charge in [0.25, 0.3) is 15.9 Å². The number of hydrogen-bond donors (Lipinski definition) is 2.